The van der Waals surface area contributed by atoms with Crippen molar-refractivity contribution >= 4 is 22.6 Å². The summed E-state index contributed by atoms with van der Waals surface area (Å²) in [7, 11) is 0. The quantitative estimate of drug-likeness (QED) is 0.318. The Kier molecular flexibility index (Phi) is 8.36. The Hall–Kier alpha value is 0.650. The van der Waals surface area contributed by atoms with Crippen molar-refractivity contribution in [2.75, 3.05) is 24.2 Å². The number of alkyl halides is 1. The van der Waals surface area contributed by atoms with Crippen molar-refractivity contribution in [2.24, 2.45) is 11.3 Å². The number of rotatable bonds is 8. The summed E-state index contributed by atoms with van der Waals surface area (Å²) in [5.41, 5.74) is 0.567. The zero-order chi connectivity index (χ0) is 15.1. The van der Waals surface area contributed by atoms with E-state index in [2.05, 4.69) is 50.3 Å². The highest BCUT2D eigenvalue weighted by molar-refractivity contribution is 14.1. The van der Waals surface area contributed by atoms with Crippen molar-refractivity contribution in [3.63, 3.8) is 0 Å². The maximum Gasteiger partial charge on any atom is 0.0772 e. The number of hydrogen-bond acceptors (Lipinski definition) is 2. The van der Waals surface area contributed by atoms with Crippen LogP contribution in [-0.4, -0.2) is 29.8 Å². The molecule has 1 saturated carbocycles. The van der Waals surface area contributed by atoms with Gasteiger partial charge < -0.3 is 9.47 Å². The van der Waals surface area contributed by atoms with Crippen LogP contribution in [0.15, 0.2) is 0 Å². The van der Waals surface area contributed by atoms with E-state index in [9.17, 15) is 0 Å². The average molecular weight is 396 g/mol. The van der Waals surface area contributed by atoms with Gasteiger partial charge in [-0.15, -0.1) is 0 Å². The first-order valence-electron chi connectivity index (χ1n) is 8.21. The third-order valence-corrected chi connectivity index (χ3v) is 6.03. The van der Waals surface area contributed by atoms with Gasteiger partial charge in [0.05, 0.1) is 18.8 Å². The van der Waals surface area contributed by atoms with E-state index in [1.54, 1.807) is 0 Å². The van der Waals surface area contributed by atoms with E-state index in [0.717, 1.165) is 36.6 Å². The van der Waals surface area contributed by atoms with Crippen molar-refractivity contribution in [3.8, 4) is 0 Å². The molecule has 0 bridgehead atoms. The van der Waals surface area contributed by atoms with E-state index >= 15 is 0 Å². The van der Waals surface area contributed by atoms with Crippen LogP contribution in [-0.2, 0) is 9.47 Å². The van der Waals surface area contributed by atoms with Crippen LogP contribution in [0.25, 0.3) is 0 Å². The highest BCUT2D eigenvalue weighted by Gasteiger charge is 2.38. The van der Waals surface area contributed by atoms with Crippen LogP contribution in [0.3, 0.4) is 0 Å². The molecule has 1 fully saturated rings. The zero-order valence-electron chi connectivity index (χ0n) is 13.8. The molecule has 2 nitrogen and oxygen atoms in total. The van der Waals surface area contributed by atoms with E-state index in [4.69, 9.17) is 9.47 Å². The van der Waals surface area contributed by atoms with Gasteiger partial charge in [-0.05, 0) is 43.4 Å². The van der Waals surface area contributed by atoms with Crippen LogP contribution in [0.4, 0.5) is 0 Å². The summed E-state index contributed by atoms with van der Waals surface area (Å²) in [5, 5.41) is 0. The molecule has 0 N–H and O–H groups in total. The van der Waals surface area contributed by atoms with E-state index in [1.807, 2.05) is 0 Å². The van der Waals surface area contributed by atoms with Crippen LogP contribution in [0, 0.1) is 11.3 Å². The molecule has 0 amide bonds. The van der Waals surface area contributed by atoms with E-state index in [1.165, 1.54) is 32.1 Å². The minimum Gasteiger partial charge on any atom is -0.379 e. The smallest absolute Gasteiger partial charge is 0.0772 e. The van der Waals surface area contributed by atoms with Crippen LogP contribution in [0.2, 0.25) is 0 Å². The molecule has 0 aliphatic heterocycles. The first-order valence-corrected chi connectivity index (χ1v) is 9.74. The van der Waals surface area contributed by atoms with Crippen LogP contribution in [0.5, 0.6) is 0 Å². The number of unbranched alkanes of at least 4 members (excludes halogenated alkanes) is 1. The number of hydrogen-bond donors (Lipinski definition) is 0. The van der Waals surface area contributed by atoms with Gasteiger partial charge in [0.1, 0.15) is 0 Å². The molecule has 1 rings (SSSR count). The van der Waals surface area contributed by atoms with Crippen LogP contribution >= 0.6 is 22.6 Å². The Balaban J connectivity index is 2.28. The molecule has 0 atom stereocenters. The van der Waals surface area contributed by atoms with Gasteiger partial charge in [-0.2, -0.15) is 0 Å². The monoisotopic (exact) mass is 396 g/mol. The predicted octanol–water partition coefficient (Wildman–Crippen LogP) is 5.23. The fourth-order valence-corrected chi connectivity index (χ4v) is 3.98. The molecule has 0 aromatic heterocycles. The minimum absolute atomic E-state index is 0.121. The topological polar surface area (TPSA) is 18.5 Å². The molecule has 120 valence electrons. The summed E-state index contributed by atoms with van der Waals surface area (Å²) in [6.45, 7) is 11.7. The fraction of sp³-hybridized carbons (Fsp3) is 1.00. The first-order chi connectivity index (χ1) is 9.43. The molecule has 0 spiro atoms. The third-order valence-electron chi connectivity index (χ3n) is 4.64. The summed E-state index contributed by atoms with van der Waals surface area (Å²) < 4.78 is 12.9. The molecule has 0 heterocycles. The molecule has 3 heteroatoms. The Morgan fingerprint density at radius 2 is 1.75 bits per heavy atom. The predicted molar refractivity (Wildman–Crippen MR) is 94.7 cm³/mol. The van der Waals surface area contributed by atoms with Gasteiger partial charge in [0.25, 0.3) is 0 Å². The maximum atomic E-state index is 6.23. The molecule has 0 radical (unpaired) electrons. The van der Waals surface area contributed by atoms with E-state index in [-0.39, 0.29) is 5.60 Å². The summed E-state index contributed by atoms with van der Waals surface area (Å²) >= 11 is 2.50. The molecule has 0 unspecified atom stereocenters. The van der Waals surface area contributed by atoms with Crippen molar-refractivity contribution in [2.45, 2.75) is 71.8 Å². The van der Waals surface area contributed by atoms with Gasteiger partial charge in [0.2, 0.25) is 0 Å². The van der Waals surface area contributed by atoms with Gasteiger partial charge in [0, 0.05) is 11.0 Å². The summed E-state index contributed by atoms with van der Waals surface area (Å²) in [6.07, 6.45) is 7.41. The van der Waals surface area contributed by atoms with Crippen molar-refractivity contribution in [3.05, 3.63) is 0 Å². The first kappa shape index (κ1) is 18.7. The Labute approximate surface area is 139 Å². The molecule has 1 aliphatic rings. The van der Waals surface area contributed by atoms with Gasteiger partial charge in [-0.1, -0.05) is 56.7 Å². The SMILES string of the molecule is CCCCOCCOC1(CI)CCC(C(C)(C)C)CC1. The Morgan fingerprint density at radius 3 is 2.25 bits per heavy atom. The normalized spacial score (nSPS) is 27.8. The number of halogens is 1. The van der Waals surface area contributed by atoms with Gasteiger partial charge in [-0.3, -0.25) is 0 Å². The van der Waals surface area contributed by atoms with Gasteiger partial charge in [0.15, 0.2) is 0 Å². The molecule has 0 aromatic rings. The maximum absolute atomic E-state index is 6.23. The number of ether oxygens (including phenoxy) is 2. The van der Waals surface area contributed by atoms with Crippen LogP contribution in [0.1, 0.15) is 66.2 Å². The largest absolute Gasteiger partial charge is 0.379 e. The Morgan fingerprint density at radius 1 is 1.10 bits per heavy atom. The lowest BCUT2D eigenvalue weighted by molar-refractivity contribution is -0.0846. The lowest BCUT2D eigenvalue weighted by atomic mass is 9.69. The van der Waals surface area contributed by atoms with Gasteiger partial charge in [-0.25, -0.2) is 0 Å². The van der Waals surface area contributed by atoms with E-state index in [0.29, 0.717) is 5.41 Å². The molecular weight excluding hydrogens is 363 g/mol. The highest BCUT2D eigenvalue weighted by atomic mass is 127. The molecule has 0 saturated heterocycles. The third kappa shape index (κ3) is 6.18. The summed E-state index contributed by atoms with van der Waals surface area (Å²) in [5.74, 6) is 0.850. The lowest BCUT2D eigenvalue weighted by Crippen LogP contribution is -2.42. The molecule has 1 aliphatic carbocycles. The van der Waals surface area contributed by atoms with Crippen molar-refractivity contribution < 1.29 is 9.47 Å². The van der Waals surface area contributed by atoms with E-state index < -0.39 is 0 Å². The Bertz CT molecular complexity index is 252. The molecular formula is C17H33IO2. The average Bonchev–Trinajstić information content (AvgIpc) is 2.42. The fourth-order valence-electron chi connectivity index (χ4n) is 2.99. The summed E-state index contributed by atoms with van der Waals surface area (Å²) in [6, 6.07) is 0. The second-order valence-electron chi connectivity index (χ2n) is 7.27. The summed E-state index contributed by atoms with van der Waals surface area (Å²) in [4.78, 5) is 0. The lowest BCUT2D eigenvalue weighted by Gasteiger charge is -2.43. The van der Waals surface area contributed by atoms with Gasteiger partial charge >= 0.3 is 0 Å². The second-order valence-corrected chi connectivity index (χ2v) is 8.03. The van der Waals surface area contributed by atoms with Crippen molar-refractivity contribution in [1.29, 1.82) is 0 Å². The second kappa shape index (κ2) is 8.94. The standard InChI is InChI=1S/C17H33IO2/c1-5-6-11-19-12-13-20-17(14-18)9-7-15(8-10-17)16(2,3)4/h15H,5-14H2,1-4H3. The minimum atomic E-state index is 0.121. The zero-order valence-corrected chi connectivity index (χ0v) is 16.0. The molecule has 0 aromatic carbocycles. The van der Waals surface area contributed by atoms with Crippen molar-refractivity contribution in [1.82, 2.24) is 0 Å². The van der Waals surface area contributed by atoms with Crippen LogP contribution < -0.4 is 0 Å². The molecule has 20 heavy (non-hydrogen) atoms. The highest BCUT2D eigenvalue weighted by Crippen LogP contribution is 2.43.